The van der Waals surface area contributed by atoms with Crippen LogP contribution in [0.3, 0.4) is 0 Å². The summed E-state index contributed by atoms with van der Waals surface area (Å²) in [6, 6.07) is 0. The zero-order chi connectivity index (χ0) is 12.6. The zero-order valence-corrected chi connectivity index (χ0v) is 12.4. The number of rotatable bonds is 3. The van der Waals surface area contributed by atoms with Gasteiger partial charge >= 0.3 is 0 Å². The molecule has 4 heteroatoms. The molecule has 0 spiro atoms. The van der Waals surface area contributed by atoms with Crippen LogP contribution in [-0.4, -0.2) is 26.5 Å². The standard InChI is InChI=1S/C12H27NO2Si/c1-11(2,3)10-6-9(8-14)7-12(10,13)15-16(4)5/h9-10,14,16H,6-8,13H2,1-5H3/t9-,10-,12+/m0/s1. The van der Waals surface area contributed by atoms with Crippen LogP contribution in [0.1, 0.15) is 33.6 Å². The Kier molecular flexibility index (Phi) is 4.22. The highest BCUT2D eigenvalue weighted by molar-refractivity contribution is 6.48. The maximum Gasteiger partial charge on any atom is 0.173 e. The van der Waals surface area contributed by atoms with Gasteiger partial charge in [0.15, 0.2) is 9.04 Å². The summed E-state index contributed by atoms with van der Waals surface area (Å²) >= 11 is 0. The first-order valence-corrected chi connectivity index (χ1v) is 9.04. The molecule has 0 bridgehead atoms. The molecule has 0 unspecified atom stereocenters. The predicted molar refractivity (Wildman–Crippen MR) is 69.6 cm³/mol. The lowest BCUT2D eigenvalue weighted by Gasteiger charge is -2.41. The minimum absolute atomic E-state index is 0.141. The van der Waals surface area contributed by atoms with Gasteiger partial charge in [0.2, 0.25) is 0 Å². The summed E-state index contributed by atoms with van der Waals surface area (Å²) < 4.78 is 6.08. The van der Waals surface area contributed by atoms with Crippen molar-refractivity contribution in [3.05, 3.63) is 0 Å². The van der Waals surface area contributed by atoms with E-state index in [9.17, 15) is 5.11 Å². The van der Waals surface area contributed by atoms with E-state index in [-0.39, 0.29) is 12.0 Å². The van der Waals surface area contributed by atoms with Gasteiger partial charge in [0.05, 0.1) is 0 Å². The molecule has 0 aromatic heterocycles. The minimum atomic E-state index is -1.15. The van der Waals surface area contributed by atoms with E-state index < -0.39 is 14.8 Å². The summed E-state index contributed by atoms with van der Waals surface area (Å²) in [4.78, 5) is 0. The van der Waals surface area contributed by atoms with Crippen molar-refractivity contribution in [2.45, 2.75) is 52.4 Å². The van der Waals surface area contributed by atoms with Gasteiger partial charge in [-0.05, 0) is 37.3 Å². The molecule has 3 nitrogen and oxygen atoms in total. The van der Waals surface area contributed by atoms with Gasteiger partial charge in [0.25, 0.3) is 0 Å². The third-order valence-electron chi connectivity index (χ3n) is 3.53. The van der Waals surface area contributed by atoms with Gasteiger partial charge < -0.3 is 15.3 Å². The second-order valence-corrected chi connectivity index (χ2v) is 8.86. The van der Waals surface area contributed by atoms with E-state index in [1.54, 1.807) is 0 Å². The molecule has 0 amide bonds. The Morgan fingerprint density at radius 3 is 2.38 bits per heavy atom. The van der Waals surface area contributed by atoms with Crippen molar-refractivity contribution in [1.29, 1.82) is 0 Å². The zero-order valence-electron chi connectivity index (χ0n) is 11.3. The molecule has 0 aromatic rings. The van der Waals surface area contributed by atoms with Crippen molar-refractivity contribution in [3.63, 3.8) is 0 Å². The molecule has 3 N–H and O–H groups in total. The van der Waals surface area contributed by atoms with Crippen molar-refractivity contribution >= 4 is 9.04 Å². The van der Waals surface area contributed by atoms with Crippen molar-refractivity contribution in [3.8, 4) is 0 Å². The van der Waals surface area contributed by atoms with Crippen LogP contribution in [-0.2, 0) is 4.43 Å². The Morgan fingerprint density at radius 2 is 2.00 bits per heavy atom. The monoisotopic (exact) mass is 245 g/mol. The molecule has 96 valence electrons. The minimum Gasteiger partial charge on any atom is -0.403 e. The molecule has 3 atom stereocenters. The van der Waals surface area contributed by atoms with E-state index in [0.29, 0.717) is 11.8 Å². The fraction of sp³-hybridized carbons (Fsp3) is 1.00. The van der Waals surface area contributed by atoms with Crippen molar-refractivity contribution < 1.29 is 9.53 Å². The second kappa shape index (κ2) is 4.76. The summed E-state index contributed by atoms with van der Waals surface area (Å²) in [5.74, 6) is 0.647. The Hall–Kier alpha value is 0.0969. The van der Waals surface area contributed by atoms with Gasteiger partial charge in [-0.3, -0.25) is 0 Å². The second-order valence-electron chi connectivity index (χ2n) is 6.53. The highest BCUT2D eigenvalue weighted by Crippen LogP contribution is 2.48. The molecule has 0 saturated heterocycles. The summed E-state index contributed by atoms with van der Waals surface area (Å²) in [5, 5.41) is 9.32. The fourth-order valence-electron chi connectivity index (χ4n) is 3.00. The van der Waals surface area contributed by atoms with Crippen LogP contribution < -0.4 is 5.73 Å². The SMILES string of the molecule is C[SiH](C)O[C@]1(N)C[C@@H](CO)C[C@H]1C(C)(C)C. The number of aliphatic hydroxyl groups excluding tert-OH is 1. The summed E-state index contributed by atoms with van der Waals surface area (Å²) in [6.45, 7) is 11.2. The van der Waals surface area contributed by atoms with Gasteiger partial charge in [-0.2, -0.15) is 0 Å². The number of nitrogens with two attached hydrogens (primary N) is 1. The molecule has 1 saturated carbocycles. The molecule has 0 heterocycles. The van der Waals surface area contributed by atoms with Crippen LogP contribution in [0.2, 0.25) is 13.1 Å². The van der Waals surface area contributed by atoms with E-state index in [2.05, 4.69) is 33.9 Å². The third-order valence-corrected chi connectivity index (χ3v) is 4.44. The molecule has 0 aliphatic heterocycles. The molecular formula is C12H27NO2Si. The van der Waals surface area contributed by atoms with Crippen LogP contribution in [0, 0.1) is 17.3 Å². The largest absolute Gasteiger partial charge is 0.403 e. The van der Waals surface area contributed by atoms with Crippen LogP contribution in [0.4, 0.5) is 0 Å². The highest BCUT2D eigenvalue weighted by atomic mass is 28.3. The molecule has 1 fully saturated rings. The maximum atomic E-state index is 9.32. The first kappa shape index (κ1) is 14.2. The Balaban J connectivity index is 2.86. The number of hydrogen-bond acceptors (Lipinski definition) is 3. The van der Waals surface area contributed by atoms with Crippen LogP contribution in [0.5, 0.6) is 0 Å². The summed E-state index contributed by atoms with van der Waals surface area (Å²) in [7, 11) is -1.15. The summed E-state index contributed by atoms with van der Waals surface area (Å²) in [6.07, 6.45) is 1.79. The van der Waals surface area contributed by atoms with Crippen LogP contribution in [0.15, 0.2) is 0 Å². The van der Waals surface area contributed by atoms with E-state index >= 15 is 0 Å². The lowest BCUT2D eigenvalue weighted by molar-refractivity contribution is -0.0144. The number of aliphatic hydroxyl groups is 1. The lowest BCUT2D eigenvalue weighted by atomic mass is 9.76. The average molecular weight is 245 g/mol. The van der Waals surface area contributed by atoms with E-state index in [1.807, 2.05) is 0 Å². The van der Waals surface area contributed by atoms with Gasteiger partial charge in [-0.25, -0.2) is 0 Å². The first-order valence-electron chi connectivity index (χ1n) is 6.26. The van der Waals surface area contributed by atoms with Crippen LogP contribution in [0.25, 0.3) is 0 Å². The summed E-state index contributed by atoms with van der Waals surface area (Å²) in [5.41, 5.74) is 6.09. The Morgan fingerprint density at radius 1 is 1.44 bits per heavy atom. The van der Waals surface area contributed by atoms with E-state index in [0.717, 1.165) is 12.8 Å². The predicted octanol–water partition coefficient (Wildman–Crippen LogP) is 1.71. The normalized spacial score (nSPS) is 36.0. The Labute approximate surface area is 101 Å². The lowest BCUT2D eigenvalue weighted by Crippen LogP contribution is -2.52. The molecule has 16 heavy (non-hydrogen) atoms. The van der Waals surface area contributed by atoms with E-state index in [1.165, 1.54) is 0 Å². The van der Waals surface area contributed by atoms with Gasteiger partial charge in [0, 0.05) is 12.5 Å². The highest BCUT2D eigenvalue weighted by Gasteiger charge is 2.50. The topological polar surface area (TPSA) is 55.5 Å². The Bertz CT molecular complexity index is 240. The molecule has 0 aromatic carbocycles. The van der Waals surface area contributed by atoms with Crippen molar-refractivity contribution in [2.24, 2.45) is 23.0 Å². The quantitative estimate of drug-likeness (QED) is 0.588. The smallest absolute Gasteiger partial charge is 0.173 e. The van der Waals surface area contributed by atoms with Crippen molar-refractivity contribution in [2.75, 3.05) is 6.61 Å². The van der Waals surface area contributed by atoms with Crippen molar-refractivity contribution in [1.82, 2.24) is 0 Å². The first-order chi connectivity index (χ1) is 7.19. The third kappa shape index (κ3) is 3.06. The molecule has 1 rings (SSSR count). The fourth-order valence-corrected chi connectivity index (χ4v) is 4.14. The van der Waals surface area contributed by atoms with Gasteiger partial charge in [-0.1, -0.05) is 20.8 Å². The molecule has 1 aliphatic carbocycles. The molecule has 0 radical (unpaired) electrons. The van der Waals surface area contributed by atoms with Gasteiger partial charge in [0.1, 0.15) is 5.72 Å². The molecule has 1 aliphatic rings. The van der Waals surface area contributed by atoms with Crippen LogP contribution >= 0.6 is 0 Å². The number of hydrogen-bond donors (Lipinski definition) is 2. The maximum absolute atomic E-state index is 9.32. The average Bonchev–Trinajstić information content (AvgIpc) is 2.40. The molecular weight excluding hydrogens is 218 g/mol. The van der Waals surface area contributed by atoms with E-state index in [4.69, 9.17) is 10.2 Å². The van der Waals surface area contributed by atoms with Gasteiger partial charge in [-0.15, -0.1) is 0 Å².